The molecule has 0 aliphatic carbocycles. The number of rotatable bonds is 4. The van der Waals surface area contributed by atoms with Crippen molar-refractivity contribution in [2.24, 2.45) is 5.92 Å². The summed E-state index contributed by atoms with van der Waals surface area (Å²) in [6, 6.07) is 15.2. The lowest BCUT2D eigenvalue weighted by Crippen LogP contribution is -2.40. The normalized spacial score (nSPS) is 18.7. The SMILES string of the molecule is CCCCC1C(=O)N2C=C(c3ccccc3)c3cc(Cl)ccc3N2C1=O. The molecule has 2 aromatic carbocycles. The molecule has 2 aliphatic heterocycles. The predicted octanol–water partition coefficient (Wildman–Crippen LogP) is 4.64. The van der Waals surface area contributed by atoms with Gasteiger partial charge in [0.1, 0.15) is 5.92 Å². The van der Waals surface area contributed by atoms with E-state index in [-0.39, 0.29) is 11.8 Å². The Labute approximate surface area is 157 Å². The van der Waals surface area contributed by atoms with Gasteiger partial charge in [0.2, 0.25) is 0 Å². The molecule has 1 saturated heterocycles. The number of hydrogen-bond donors (Lipinski definition) is 0. The first-order chi connectivity index (χ1) is 12.6. The van der Waals surface area contributed by atoms with Gasteiger partial charge < -0.3 is 0 Å². The molecular formula is C21H19ClN2O2. The second-order valence-electron chi connectivity index (χ2n) is 6.60. The molecule has 0 radical (unpaired) electrons. The average molecular weight is 367 g/mol. The molecule has 0 spiro atoms. The van der Waals surface area contributed by atoms with Crippen LogP contribution in [-0.2, 0) is 9.59 Å². The third kappa shape index (κ3) is 2.61. The highest BCUT2D eigenvalue weighted by atomic mass is 35.5. The van der Waals surface area contributed by atoms with Crippen molar-refractivity contribution in [3.63, 3.8) is 0 Å². The second-order valence-corrected chi connectivity index (χ2v) is 7.03. The quantitative estimate of drug-likeness (QED) is 0.739. The topological polar surface area (TPSA) is 40.6 Å². The van der Waals surface area contributed by atoms with Crippen LogP contribution in [0.1, 0.15) is 37.3 Å². The Morgan fingerprint density at radius 3 is 2.54 bits per heavy atom. The van der Waals surface area contributed by atoms with E-state index >= 15 is 0 Å². The van der Waals surface area contributed by atoms with Crippen molar-refractivity contribution >= 4 is 34.7 Å². The summed E-state index contributed by atoms with van der Waals surface area (Å²) in [6.45, 7) is 2.06. The Kier molecular flexibility index (Phi) is 4.29. The molecule has 0 bridgehead atoms. The van der Waals surface area contributed by atoms with Gasteiger partial charge in [0, 0.05) is 22.4 Å². The van der Waals surface area contributed by atoms with E-state index in [1.807, 2.05) is 42.5 Å². The van der Waals surface area contributed by atoms with Crippen molar-refractivity contribution in [1.82, 2.24) is 5.01 Å². The van der Waals surface area contributed by atoms with Crippen molar-refractivity contribution < 1.29 is 9.59 Å². The van der Waals surface area contributed by atoms with Crippen LogP contribution < -0.4 is 5.01 Å². The Morgan fingerprint density at radius 2 is 1.81 bits per heavy atom. The first kappa shape index (κ1) is 16.9. The molecule has 0 saturated carbocycles. The lowest BCUT2D eigenvalue weighted by Gasteiger charge is -2.32. The molecule has 26 heavy (non-hydrogen) atoms. The third-order valence-corrected chi connectivity index (χ3v) is 5.14. The number of carbonyl (C=O) groups is 2. The van der Waals surface area contributed by atoms with Gasteiger partial charge in [-0.1, -0.05) is 61.7 Å². The predicted molar refractivity (Wildman–Crippen MR) is 102 cm³/mol. The van der Waals surface area contributed by atoms with E-state index in [0.29, 0.717) is 17.1 Å². The highest BCUT2D eigenvalue weighted by Crippen LogP contribution is 2.42. The first-order valence-corrected chi connectivity index (χ1v) is 9.23. The molecule has 2 amide bonds. The summed E-state index contributed by atoms with van der Waals surface area (Å²) in [7, 11) is 0. The van der Waals surface area contributed by atoms with Crippen molar-refractivity contribution in [2.45, 2.75) is 26.2 Å². The third-order valence-electron chi connectivity index (χ3n) is 4.91. The highest BCUT2D eigenvalue weighted by molar-refractivity contribution is 6.31. The van der Waals surface area contributed by atoms with Crippen LogP contribution in [0.15, 0.2) is 54.7 Å². The lowest BCUT2D eigenvalue weighted by molar-refractivity contribution is -0.131. The minimum absolute atomic E-state index is 0.155. The van der Waals surface area contributed by atoms with Gasteiger partial charge in [-0.05, 0) is 30.2 Å². The van der Waals surface area contributed by atoms with Gasteiger partial charge in [0.15, 0.2) is 0 Å². The van der Waals surface area contributed by atoms with Crippen LogP contribution in [0, 0.1) is 5.92 Å². The van der Waals surface area contributed by atoms with E-state index in [4.69, 9.17) is 11.6 Å². The Balaban J connectivity index is 1.85. The molecule has 2 heterocycles. The number of halogens is 1. The number of amides is 2. The summed E-state index contributed by atoms with van der Waals surface area (Å²) in [4.78, 5) is 25.9. The van der Waals surface area contributed by atoms with Crippen molar-refractivity contribution in [1.29, 1.82) is 0 Å². The minimum Gasteiger partial charge on any atom is -0.272 e. The highest BCUT2D eigenvalue weighted by Gasteiger charge is 2.47. The number of hydrazine groups is 1. The van der Waals surface area contributed by atoms with Crippen LogP contribution in [-0.4, -0.2) is 16.8 Å². The summed E-state index contributed by atoms with van der Waals surface area (Å²) in [6.07, 6.45) is 4.15. The molecule has 0 aromatic heterocycles. The Morgan fingerprint density at radius 1 is 1.04 bits per heavy atom. The fraction of sp³-hybridized carbons (Fsp3) is 0.238. The van der Waals surface area contributed by atoms with Crippen molar-refractivity contribution in [2.75, 3.05) is 5.01 Å². The zero-order valence-corrected chi connectivity index (χ0v) is 15.2. The monoisotopic (exact) mass is 366 g/mol. The van der Waals surface area contributed by atoms with Gasteiger partial charge in [0.25, 0.3) is 11.8 Å². The molecule has 5 heteroatoms. The van der Waals surface area contributed by atoms with Gasteiger partial charge in [-0.2, -0.15) is 0 Å². The van der Waals surface area contributed by atoms with Crippen molar-refractivity contribution in [3.05, 3.63) is 70.9 Å². The lowest BCUT2D eigenvalue weighted by atomic mass is 9.96. The number of fused-ring (bicyclic) bond motifs is 3. The molecule has 1 unspecified atom stereocenters. The summed E-state index contributed by atoms with van der Waals surface area (Å²) in [5.41, 5.74) is 3.43. The van der Waals surface area contributed by atoms with Crippen LogP contribution in [0.4, 0.5) is 5.69 Å². The van der Waals surface area contributed by atoms with Crippen LogP contribution >= 0.6 is 11.6 Å². The van der Waals surface area contributed by atoms with Crippen molar-refractivity contribution in [3.8, 4) is 0 Å². The maximum absolute atomic E-state index is 12.9. The zero-order valence-electron chi connectivity index (χ0n) is 14.5. The molecule has 2 aliphatic rings. The number of hydrogen-bond acceptors (Lipinski definition) is 2. The van der Waals surface area contributed by atoms with Gasteiger partial charge in [0.05, 0.1) is 5.69 Å². The van der Waals surface area contributed by atoms with Crippen LogP contribution in [0.2, 0.25) is 5.02 Å². The Hall–Kier alpha value is -2.59. The van der Waals surface area contributed by atoms with Gasteiger partial charge in [-0.25, -0.2) is 10.0 Å². The standard InChI is InChI=1S/C21H19ClN2O2/c1-2-3-9-16-20(25)23-13-18(14-7-5-4-6-8-14)17-12-15(22)10-11-19(17)24(23)21(16)26/h4-8,10-13,16H,2-3,9H2,1H3. The van der Waals surface area contributed by atoms with E-state index in [0.717, 1.165) is 29.5 Å². The average Bonchev–Trinajstić information content (AvgIpc) is 2.90. The summed E-state index contributed by atoms with van der Waals surface area (Å²) < 4.78 is 0. The minimum atomic E-state index is -0.607. The fourth-order valence-electron chi connectivity index (χ4n) is 3.58. The van der Waals surface area contributed by atoms with Crippen LogP contribution in [0.3, 0.4) is 0 Å². The summed E-state index contributed by atoms with van der Waals surface area (Å²) in [5.74, 6) is -0.919. The first-order valence-electron chi connectivity index (χ1n) is 8.86. The van der Waals surface area contributed by atoms with Gasteiger partial charge >= 0.3 is 0 Å². The summed E-state index contributed by atoms with van der Waals surface area (Å²) in [5, 5.41) is 3.57. The summed E-state index contributed by atoms with van der Waals surface area (Å²) >= 11 is 6.22. The molecule has 1 atom stereocenters. The van der Waals surface area contributed by atoms with E-state index < -0.39 is 5.92 Å². The van der Waals surface area contributed by atoms with Gasteiger partial charge in [-0.3, -0.25) is 9.59 Å². The molecule has 0 N–H and O–H groups in total. The van der Waals surface area contributed by atoms with E-state index in [2.05, 4.69) is 6.92 Å². The van der Waals surface area contributed by atoms with Crippen LogP contribution in [0.5, 0.6) is 0 Å². The number of nitrogens with zero attached hydrogens (tertiary/aromatic N) is 2. The largest absolute Gasteiger partial charge is 0.272 e. The molecular weight excluding hydrogens is 348 g/mol. The molecule has 4 rings (SSSR count). The molecule has 1 fully saturated rings. The number of anilines is 1. The Bertz CT molecular complexity index is 907. The fourth-order valence-corrected chi connectivity index (χ4v) is 3.75. The number of benzene rings is 2. The molecule has 132 valence electrons. The second kappa shape index (κ2) is 6.61. The maximum Gasteiger partial charge on any atom is 0.258 e. The van der Waals surface area contributed by atoms with E-state index in [9.17, 15) is 9.59 Å². The molecule has 4 nitrogen and oxygen atoms in total. The maximum atomic E-state index is 12.9. The smallest absolute Gasteiger partial charge is 0.258 e. The van der Waals surface area contributed by atoms with E-state index in [1.165, 1.54) is 10.0 Å². The van der Waals surface area contributed by atoms with Crippen LogP contribution in [0.25, 0.3) is 5.57 Å². The molecule has 2 aromatic rings. The van der Waals surface area contributed by atoms with Gasteiger partial charge in [-0.15, -0.1) is 0 Å². The number of carbonyl (C=O) groups excluding carboxylic acids is 2. The zero-order chi connectivity index (χ0) is 18.3. The van der Waals surface area contributed by atoms with E-state index in [1.54, 1.807) is 12.3 Å². The number of unbranched alkanes of at least 4 members (excludes halogenated alkanes) is 1.